The van der Waals surface area contributed by atoms with Crippen molar-refractivity contribution in [2.45, 2.75) is 0 Å². The summed E-state index contributed by atoms with van der Waals surface area (Å²) in [6.45, 7) is 5.98. The van der Waals surface area contributed by atoms with Crippen molar-refractivity contribution in [2.75, 3.05) is 68.3 Å². The van der Waals surface area contributed by atoms with Gasteiger partial charge in [0.25, 0.3) is 0 Å². The van der Waals surface area contributed by atoms with Crippen molar-refractivity contribution in [1.82, 2.24) is 4.90 Å². The van der Waals surface area contributed by atoms with Crippen LogP contribution in [0.3, 0.4) is 0 Å². The Morgan fingerprint density at radius 3 is 2.67 bits per heavy atom. The molecule has 1 unspecified atom stereocenters. The Morgan fingerprint density at radius 1 is 1.23 bits per heavy atom. The standard InChI is InChI=1S/C21H30N5OPS2/c1-27-14-13-25-9-11-26(12-10-25)19-7-5-18(6-8-19)23-21(29)24-20(22)30-17-28-15-3-2-4-16-28/h2-8,15H,9-14,16-17H2,1H3,(H3,22,23,24,29). The molecule has 0 amide bonds. The minimum atomic E-state index is -0.137. The smallest absolute Gasteiger partial charge is 0.199 e. The highest BCUT2D eigenvalue weighted by Gasteiger charge is 2.16. The van der Waals surface area contributed by atoms with E-state index < -0.39 is 0 Å². The van der Waals surface area contributed by atoms with E-state index >= 15 is 0 Å². The first-order valence-corrected chi connectivity index (χ1v) is 13.2. The maximum absolute atomic E-state index is 6.04. The minimum absolute atomic E-state index is 0.137. The van der Waals surface area contributed by atoms with Gasteiger partial charge in [0.2, 0.25) is 0 Å². The van der Waals surface area contributed by atoms with Gasteiger partial charge in [-0.05, 0) is 42.6 Å². The zero-order valence-corrected chi connectivity index (χ0v) is 19.9. The van der Waals surface area contributed by atoms with Crippen LogP contribution in [0.2, 0.25) is 0 Å². The molecular weight excluding hydrogens is 433 g/mol. The summed E-state index contributed by atoms with van der Waals surface area (Å²) in [5.74, 6) is 2.27. The van der Waals surface area contributed by atoms with Gasteiger partial charge in [0, 0.05) is 56.7 Å². The van der Waals surface area contributed by atoms with Gasteiger partial charge < -0.3 is 20.7 Å². The Labute approximate surface area is 190 Å². The van der Waals surface area contributed by atoms with E-state index in [1.807, 2.05) is 12.1 Å². The molecule has 9 heteroatoms. The lowest BCUT2D eigenvalue weighted by Crippen LogP contribution is -2.47. The number of methoxy groups -OCH3 is 1. The SMILES string of the molecule is COCCN1CCN(c2ccc(NC(=S)N=C(N)SCP3C=CC=CC3)cc2)CC1. The number of nitrogens with zero attached hydrogens (tertiary/aromatic N) is 3. The molecule has 1 aromatic rings. The molecule has 0 aliphatic carbocycles. The molecule has 6 nitrogen and oxygen atoms in total. The summed E-state index contributed by atoms with van der Waals surface area (Å²) >= 11 is 6.92. The third-order valence-corrected chi connectivity index (χ3v) is 8.64. The van der Waals surface area contributed by atoms with E-state index in [4.69, 9.17) is 22.7 Å². The maximum atomic E-state index is 6.04. The number of allylic oxidation sites excluding steroid dienone is 3. The average molecular weight is 464 g/mol. The quantitative estimate of drug-likeness (QED) is 0.276. The molecule has 0 saturated carbocycles. The largest absolute Gasteiger partial charge is 0.383 e. The number of nitrogens with one attached hydrogen (secondary N) is 1. The summed E-state index contributed by atoms with van der Waals surface area (Å²) in [7, 11) is 1.62. The molecule has 1 aromatic carbocycles. The second-order valence-electron chi connectivity index (χ2n) is 7.06. The van der Waals surface area contributed by atoms with E-state index in [9.17, 15) is 0 Å². The number of benzene rings is 1. The number of anilines is 2. The lowest BCUT2D eigenvalue weighted by Gasteiger charge is -2.36. The van der Waals surface area contributed by atoms with E-state index in [0.717, 1.165) is 56.7 Å². The van der Waals surface area contributed by atoms with Gasteiger partial charge in [-0.25, -0.2) is 0 Å². The summed E-state index contributed by atoms with van der Waals surface area (Å²) in [6, 6.07) is 8.34. The Balaban J connectivity index is 1.43. The Kier molecular flexibility index (Phi) is 9.62. The van der Waals surface area contributed by atoms with Gasteiger partial charge in [0.1, 0.15) is 0 Å². The van der Waals surface area contributed by atoms with Crippen molar-refractivity contribution in [1.29, 1.82) is 0 Å². The highest BCUT2D eigenvalue weighted by atomic mass is 32.2. The van der Waals surface area contributed by atoms with E-state index in [-0.39, 0.29) is 7.92 Å². The first-order valence-electron chi connectivity index (χ1n) is 10.1. The number of amidine groups is 1. The minimum Gasteiger partial charge on any atom is -0.383 e. The molecule has 1 atom stereocenters. The van der Waals surface area contributed by atoms with Gasteiger partial charge in [0.05, 0.1) is 6.61 Å². The average Bonchev–Trinajstić information content (AvgIpc) is 2.78. The van der Waals surface area contributed by atoms with Gasteiger partial charge >= 0.3 is 0 Å². The molecule has 162 valence electrons. The van der Waals surface area contributed by atoms with Crippen LogP contribution >= 0.6 is 31.9 Å². The maximum Gasteiger partial charge on any atom is 0.199 e. The molecule has 2 heterocycles. The van der Waals surface area contributed by atoms with Crippen LogP contribution in [0.15, 0.2) is 53.3 Å². The molecule has 1 saturated heterocycles. The fourth-order valence-corrected chi connectivity index (χ4v) is 6.49. The number of hydrogen-bond acceptors (Lipinski definition) is 5. The zero-order chi connectivity index (χ0) is 21.2. The number of aliphatic imine (C=N–C) groups is 1. The molecule has 3 rings (SSSR count). The van der Waals surface area contributed by atoms with Crippen LogP contribution in [0.4, 0.5) is 11.4 Å². The van der Waals surface area contributed by atoms with Crippen LogP contribution in [0.1, 0.15) is 0 Å². The van der Waals surface area contributed by atoms with Crippen LogP contribution in [0.5, 0.6) is 0 Å². The van der Waals surface area contributed by atoms with Crippen molar-refractivity contribution in [3.05, 3.63) is 48.3 Å². The van der Waals surface area contributed by atoms with Crippen LogP contribution in [-0.4, -0.2) is 73.3 Å². The molecule has 2 aliphatic rings. The molecular formula is C21H30N5OPS2. The Hall–Kier alpha value is -1.44. The number of thiocarbonyl (C=S) groups is 1. The first-order chi connectivity index (χ1) is 14.6. The molecule has 0 radical (unpaired) electrons. The van der Waals surface area contributed by atoms with E-state index in [1.165, 1.54) is 5.69 Å². The predicted octanol–water partition coefficient (Wildman–Crippen LogP) is 3.72. The van der Waals surface area contributed by atoms with Crippen molar-refractivity contribution < 1.29 is 4.74 Å². The van der Waals surface area contributed by atoms with Crippen LogP contribution in [0.25, 0.3) is 0 Å². The summed E-state index contributed by atoms with van der Waals surface area (Å²) in [6.07, 6.45) is 7.52. The van der Waals surface area contributed by atoms with E-state index in [1.54, 1.807) is 18.9 Å². The summed E-state index contributed by atoms with van der Waals surface area (Å²) in [5.41, 5.74) is 9.17. The Bertz CT molecular complexity index is 776. The topological polar surface area (TPSA) is 66.1 Å². The number of ether oxygens (including phenoxy) is 1. The highest BCUT2D eigenvalue weighted by molar-refractivity contribution is 8.17. The Morgan fingerprint density at radius 2 is 2.00 bits per heavy atom. The van der Waals surface area contributed by atoms with Crippen LogP contribution in [-0.2, 0) is 4.74 Å². The normalized spacial score (nSPS) is 19.8. The van der Waals surface area contributed by atoms with Crippen LogP contribution < -0.4 is 16.0 Å². The predicted molar refractivity (Wildman–Crippen MR) is 137 cm³/mol. The number of thioether (sulfide) groups is 1. The monoisotopic (exact) mass is 463 g/mol. The molecule has 2 aliphatic heterocycles. The fraction of sp³-hybridized carbons (Fsp3) is 0.429. The second-order valence-corrected chi connectivity index (χ2v) is 11.0. The van der Waals surface area contributed by atoms with Gasteiger partial charge in [0.15, 0.2) is 10.3 Å². The van der Waals surface area contributed by atoms with E-state index in [0.29, 0.717) is 10.3 Å². The van der Waals surface area contributed by atoms with Crippen molar-refractivity contribution in [3.63, 3.8) is 0 Å². The van der Waals surface area contributed by atoms with Gasteiger partial charge in [-0.3, -0.25) is 4.90 Å². The van der Waals surface area contributed by atoms with E-state index in [2.05, 4.69) is 56.3 Å². The zero-order valence-electron chi connectivity index (χ0n) is 17.4. The number of rotatable bonds is 7. The van der Waals surface area contributed by atoms with Gasteiger partial charge in [-0.15, -0.1) is 0 Å². The van der Waals surface area contributed by atoms with Crippen LogP contribution in [0, 0.1) is 0 Å². The highest BCUT2D eigenvalue weighted by Crippen LogP contribution is 2.42. The fourth-order valence-electron chi connectivity index (χ4n) is 3.24. The molecule has 0 spiro atoms. The summed E-state index contributed by atoms with van der Waals surface area (Å²) in [4.78, 5) is 9.17. The lowest BCUT2D eigenvalue weighted by atomic mass is 10.2. The lowest BCUT2D eigenvalue weighted by molar-refractivity contribution is 0.144. The second kappa shape index (κ2) is 12.4. The number of piperazine rings is 1. The third-order valence-electron chi connectivity index (χ3n) is 4.94. The summed E-state index contributed by atoms with van der Waals surface area (Å²) < 4.78 is 5.17. The van der Waals surface area contributed by atoms with Gasteiger partial charge in [-0.1, -0.05) is 43.7 Å². The van der Waals surface area contributed by atoms with Crippen molar-refractivity contribution in [3.8, 4) is 0 Å². The first kappa shape index (κ1) is 23.2. The van der Waals surface area contributed by atoms with Crippen molar-refractivity contribution >= 4 is 53.6 Å². The molecule has 1 fully saturated rings. The number of hydrogen-bond donors (Lipinski definition) is 2. The van der Waals surface area contributed by atoms with Crippen molar-refractivity contribution in [2.24, 2.45) is 10.7 Å². The molecule has 3 N–H and O–H groups in total. The summed E-state index contributed by atoms with van der Waals surface area (Å²) in [5, 5.41) is 4.07. The molecule has 0 bridgehead atoms. The third kappa shape index (κ3) is 7.67. The van der Waals surface area contributed by atoms with Gasteiger partial charge in [-0.2, -0.15) is 4.99 Å². The molecule has 30 heavy (non-hydrogen) atoms. The number of nitrogens with two attached hydrogens (primary N) is 1. The molecule has 0 aromatic heterocycles.